The van der Waals surface area contributed by atoms with Gasteiger partial charge in [0.1, 0.15) is 12.1 Å². The fraction of sp³-hybridized carbons (Fsp3) is 0.375. The smallest absolute Gasteiger partial charge is 0.325 e. The highest BCUT2D eigenvalue weighted by molar-refractivity contribution is 6.10. The average molecular weight is 405 g/mol. The van der Waals surface area contributed by atoms with E-state index < -0.39 is 17.5 Å². The molecule has 1 aliphatic carbocycles. The molecule has 1 atom stereocenters. The number of fused-ring (bicyclic) bond motifs is 2. The lowest BCUT2D eigenvalue weighted by atomic mass is 9.76. The molecule has 156 valence electrons. The second kappa shape index (κ2) is 7.27. The molecule has 6 nitrogen and oxygen atoms in total. The van der Waals surface area contributed by atoms with Gasteiger partial charge < -0.3 is 10.6 Å². The lowest BCUT2D eigenvalue weighted by molar-refractivity contribution is -0.134. The number of urea groups is 1. The number of anilines is 1. The van der Waals surface area contributed by atoms with Crippen LogP contribution >= 0.6 is 0 Å². The first-order valence-corrected chi connectivity index (χ1v) is 10.3. The van der Waals surface area contributed by atoms with Gasteiger partial charge in [-0.15, -0.1) is 0 Å². The molecule has 0 bridgehead atoms. The Balaban J connectivity index is 1.49. The van der Waals surface area contributed by atoms with Crippen LogP contribution in [0.15, 0.2) is 48.5 Å². The van der Waals surface area contributed by atoms with Crippen molar-refractivity contribution in [2.75, 3.05) is 11.9 Å². The van der Waals surface area contributed by atoms with E-state index in [0.29, 0.717) is 12.1 Å². The Morgan fingerprint density at radius 1 is 1.10 bits per heavy atom. The quantitative estimate of drug-likeness (QED) is 0.764. The van der Waals surface area contributed by atoms with E-state index in [0.717, 1.165) is 34.4 Å². The molecule has 1 saturated heterocycles. The van der Waals surface area contributed by atoms with Crippen LogP contribution in [0.3, 0.4) is 0 Å². The van der Waals surface area contributed by atoms with E-state index in [2.05, 4.69) is 31.4 Å². The van der Waals surface area contributed by atoms with Crippen molar-refractivity contribution in [2.45, 2.75) is 51.0 Å². The molecule has 4 amide bonds. The third-order valence-electron chi connectivity index (χ3n) is 5.99. The molecule has 2 aliphatic rings. The zero-order chi connectivity index (χ0) is 21.5. The summed E-state index contributed by atoms with van der Waals surface area (Å²) >= 11 is 0. The predicted molar refractivity (Wildman–Crippen MR) is 115 cm³/mol. The van der Waals surface area contributed by atoms with Crippen LogP contribution in [0.4, 0.5) is 10.5 Å². The van der Waals surface area contributed by atoms with Gasteiger partial charge in [-0.2, -0.15) is 0 Å². The van der Waals surface area contributed by atoms with Gasteiger partial charge in [0, 0.05) is 5.69 Å². The number of carbonyl (C=O) groups is 3. The highest BCUT2D eigenvalue weighted by Crippen LogP contribution is 2.39. The third-order valence-corrected chi connectivity index (χ3v) is 5.99. The van der Waals surface area contributed by atoms with Crippen LogP contribution in [0, 0.1) is 0 Å². The Bertz CT molecular complexity index is 1010. The number of benzene rings is 2. The van der Waals surface area contributed by atoms with Crippen molar-refractivity contribution in [1.82, 2.24) is 10.2 Å². The summed E-state index contributed by atoms with van der Waals surface area (Å²) < 4.78 is 0. The van der Waals surface area contributed by atoms with E-state index in [1.54, 1.807) is 0 Å². The molecule has 4 rings (SSSR count). The highest BCUT2D eigenvalue weighted by atomic mass is 16.2. The van der Waals surface area contributed by atoms with Crippen LogP contribution in [0.2, 0.25) is 0 Å². The summed E-state index contributed by atoms with van der Waals surface area (Å²) in [5.74, 6) is -0.749. The number of rotatable bonds is 3. The van der Waals surface area contributed by atoms with E-state index >= 15 is 0 Å². The Labute approximate surface area is 176 Å². The van der Waals surface area contributed by atoms with Gasteiger partial charge in [-0.1, -0.05) is 57.2 Å². The molecule has 0 saturated carbocycles. The minimum atomic E-state index is -1.05. The summed E-state index contributed by atoms with van der Waals surface area (Å²) in [6, 6.07) is 14.8. The number of hydrogen-bond donors (Lipinski definition) is 2. The first-order chi connectivity index (χ1) is 14.2. The summed E-state index contributed by atoms with van der Waals surface area (Å²) in [6.07, 6.45) is 2.23. The third kappa shape index (κ3) is 3.47. The first kappa shape index (κ1) is 20.1. The SMILES string of the molecule is CC(C)(C)c1ccc(NC(=O)CN2C(=O)N[C@]3(CCCc4ccccc43)C2=O)cc1. The molecule has 2 aromatic rings. The van der Waals surface area contributed by atoms with Gasteiger partial charge in [0.2, 0.25) is 5.91 Å². The molecule has 1 fully saturated rings. The highest BCUT2D eigenvalue weighted by Gasteiger charge is 2.54. The minimum absolute atomic E-state index is 0.0210. The second-order valence-electron chi connectivity index (χ2n) is 9.11. The van der Waals surface area contributed by atoms with Gasteiger partial charge >= 0.3 is 6.03 Å². The largest absolute Gasteiger partial charge is 0.325 e. The van der Waals surface area contributed by atoms with Crippen LogP contribution in [-0.4, -0.2) is 29.3 Å². The lowest BCUT2D eigenvalue weighted by Gasteiger charge is -2.33. The van der Waals surface area contributed by atoms with Gasteiger partial charge in [0.25, 0.3) is 5.91 Å². The summed E-state index contributed by atoms with van der Waals surface area (Å²) in [6.45, 7) is 6.06. The Morgan fingerprint density at radius 3 is 2.50 bits per heavy atom. The molecule has 2 aromatic carbocycles. The van der Waals surface area contributed by atoms with Crippen LogP contribution in [0.5, 0.6) is 0 Å². The molecule has 1 aliphatic heterocycles. The molecule has 1 heterocycles. The number of nitrogens with zero attached hydrogens (tertiary/aromatic N) is 1. The van der Waals surface area contributed by atoms with Crippen LogP contribution in [-0.2, 0) is 27.0 Å². The van der Waals surface area contributed by atoms with Crippen molar-refractivity contribution < 1.29 is 14.4 Å². The maximum Gasteiger partial charge on any atom is 0.325 e. The Hall–Kier alpha value is -3.15. The number of amides is 4. The maximum atomic E-state index is 13.3. The van der Waals surface area contributed by atoms with Crippen molar-refractivity contribution >= 4 is 23.5 Å². The predicted octanol–water partition coefficient (Wildman–Crippen LogP) is 3.71. The summed E-state index contributed by atoms with van der Waals surface area (Å²) in [5, 5.41) is 5.66. The molecule has 6 heteroatoms. The van der Waals surface area contributed by atoms with E-state index in [1.807, 2.05) is 48.5 Å². The molecular weight excluding hydrogens is 378 g/mol. The van der Waals surface area contributed by atoms with Gasteiger partial charge in [0.15, 0.2) is 0 Å². The number of carbonyl (C=O) groups excluding carboxylic acids is 3. The number of hydrogen-bond acceptors (Lipinski definition) is 3. The Morgan fingerprint density at radius 2 is 1.80 bits per heavy atom. The van der Waals surface area contributed by atoms with Gasteiger partial charge in [0.05, 0.1) is 0 Å². The van der Waals surface area contributed by atoms with Crippen molar-refractivity contribution in [3.63, 3.8) is 0 Å². The number of aryl methyl sites for hydroxylation is 1. The zero-order valence-corrected chi connectivity index (χ0v) is 17.6. The second-order valence-corrected chi connectivity index (χ2v) is 9.11. The normalized spacial score (nSPS) is 20.8. The van der Waals surface area contributed by atoms with E-state index in [-0.39, 0.29) is 17.9 Å². The van der Waals surface area contributed by atoms with Crippen molar-refractivity contribution in [3.8, 4) is 0 Å². The lowest BCUT2D eigenvalue weighted by Crippen LogP contribution is -2.47. The Kier molecular flexibility index (Phi) is 4.88. The summed E-state index contributed by atoms with van der Waals surface area (Å²) in [5.41, 5.74) is 2.68. The topological polar surface area (TPSA) is 78.5 Å². The molecule has 0 aromatic heterocycles. The molecule has 1 spiro atoms. The summed E-state index contributed by atoms with van der Waals surface area (Å²) in [7, 11) is 0. The zero-order valence-electron chi connectivity index (χ0n) is 17.6. The minimum Gasteiger partial charge on any atom is -0.325 e. The van der Waals surface area contributed by atoms with Gasteiger partial charge in [-0.25, -0.2) is 4.79 Å². The van der Waals surface area contributed by atoms with Crippen molar-refractivity contribution in [1.29, 1.82) is 0 Å². The van der Waals surface area contributed by atoms with Gasteiger partial charge in [-0.3, -0.25) is 14.5 Å². The number of nitrogens with one attached hydrogen (secondary N) is 2. The molecule has 0 unspecified atom stereocenters. The van der Waals surface area contributed by atoms with Crippen molar-refractivity contribution in [3.05, 3.63) is 65.2 Å². The van der Waals surface area contributed by atoms with E-state index in [1.165, 1.54) is 0 Å². The monoisotopic (exact) mass is 405 g/mol. The van der Waals surface area contributed by atoms with Gasteiger partial charge in [-0.05, 0) is 53.5 Å². The fourth-order valence-electron chi connectivity index (χ4n) is 4.35. The van der Waals surface area contributed by atoms with Crippen LogP contribution in [0.1, 0.15) is 50.3 Å². The number of imide groups is 1. The van der Waals surface area contributed by atoms with Crippen LogP contribution in [0.25, 0.3) is 0 Å². The van der Waals surface area contributed by atoms with Crippen molar-refractivity contribution in [2.24, 2.45) is 0 Å². The average Bonchev–Trinajstić information content (AvgIpc) is 2.93. The van der Waals surface area contributed by atoms with E-state index in [9.17, 15) is 14.4 Å². The van der Waals surface area contributed by atoms with Crippen LogP contribution < -0.4 is 10.6 Å². The van der Waals surface area contributed by atoms with E-state index in [4.69, 9.17) is 0 Å². The fourth-order valence-corrected chi connectivity index (χ4v) is 4.35. The first-order valence-electron chi connectivity index (χ1n) is 10.3. The molecule has 0 radical (unpaired) electrons. The maximum absolute atomic E-state index is 13.3. The molecular formula is C24H27N3O3. The standard InChI is InChI=1S/C24H27N3O3/c1-23(2,3)17-10-12-18(13-11-17)25-20(28)15-27-21(29)24(26-22(27)30)14-6-8-16-7-4-5-9-19(16)24/h4-5,7,9-13H,6,8,14-15H2,1-3H3,(H,25,28)(H,26,30)/t24-/m0/s1. The molecule has 30 heavy (non-hydrogen) atoms. The molecule has 2 N–H and O–H groups in total. The summed E-state index contributed by atoms with van der Waals surface area (Å²) in [4.78, 5) is 39.5.